The quantitative estimate of drug-likeness (QED) is 0.447. The highest BCUT2D eigenvalue weighted by atomic mass is 35.5. The Morgan fingerprint density at radius 2 is 1.89 bits per heavy atom. The first-order valence-electron chi connectivity index (χ1n) is 13.2. The first kappa shape index (κ1) is 27.6. The van der Waals surface area contributed by atoms with E-state index in [1.807, 2.05) is 18.0 Å². The van der Waals surface area contributed by atoms with Crippen molar-refractivity contribution in [1.29, 1.82) is 0 Å². The lowest BCUT2D eigenvalue weighted by Gasteiger charge is -2.41. The van der Waals surface area contributed by atoms with Gasteiger partial charge in [0.25, 0.3) is 0 Å². The van der Waals surface area contributed by atoms with E-state index in [4.69, 9.17) is 23.2 Å². The van der Waals surface area contributed by atoms with E-state index in [-0.39, 0.29) is 40.0 Å². The number of halogens is 3. The Balaban J connectivity index is 1.73. The number of aliphatic hydroxyl groups is 1. The molecular formula is C30H35Cl2FN2O3. The van der Waals surface area contributed by atoms with Crippen LogP contribution in [-0.2, 0) is 15.0 Å². The van der Waals surface area contributed by atoms with Crippen LogP contribution in [0.3, 0.4) is 0 Å². The molecule has 5 nitrogen and oxygen atoms in total. The molecule has 2 aromatic rings. The smallest absolute Gasteiger partial charge is 0.237 e. The van der Waals surface area contributed by atoms with Crippen molar-refractivity contribution in [3.8, 4) is 0 Å². The molecule has 3 aliphatic rings. The van der Waals surface area contributed by atoms with Gasteiger partial charge >= 0.3 is 0 Å². The predicted molar refractivity (Wildman–Crippen MR) is 148 cm³/mol. The van der Waals surface area contributed by atoms with Crippen LogP contribution in [0.5, 0.6) is 0 Å². The third-order valence-corrected chi connectivity index (χ3v) is 9.24. The molecule has 0 unspecified atom stereocenters. The molecule has 204 valence electrons. The number of amides is 1. The van der Waals surface area contributed by atoms with Crippen LogP contribution in [0.2, 0.25) is 10.0 Å². The molecule has 8 heteroatoms. The average molecular weight is 562 g/mol. The van der Waals surface area contributed by atoms with Crippen molar-refractivity contribution < 1.29 is 19.1 Å². The van der Waals surface area contributed by atoms with Crippen molar-refractivity contribution in [1.82, 2.24) is 4.90 Å². The summed E-state index contributed by atoms with van der Waals surface area (Å²) in [5.41, 5.74) is -0.616. The maximum Gasteiger partial charge on any atom is 0.237 e. The van der Waals surface area contributed by atoms with Gasteiger partial charge in [0.15, 0.2) is 5.78 Å². The molecule has 1 spiro atoms. The summed E-state index contributed by atoms with van der Waals surface area (Å²) in [7, 11) is 1.88. The highest BCUT2D eigenvalue weighted by Crippen LogP contribution is 2.60. The fraction of sp³-hybridized carbons (Fsp3) is 0.533. The summed E-state index contributed by atoms with van der Waals surface area (Å²) < 4.78 is 15.9. The molecule has 1 saturated carbocycles. The van der Waals surface area contributed by atoms with Gasteiger partial charge in [0.2, 0.25) is 5.91 Å². The number of hydrogen-bond acceptors (Lipinski definition) is 4. The Hall–Kier alpha value is -1.99. The van der Waals surface area contributed by atoms with Crippen molar-refractivity contribution >= 4 is 40.6 Å². The molecule has 5 rings (SSSR count). The van der Waals surface area contributed by atoms with Crippen LogP contribution >= 0.6 is 23.2 Å². The number of benzene rings is 2. The zero-order valence-electron chi connectivity index (χ0n) is 22.4. The van der Waals surface area contributed by atoms with Crippen LogP contribution in [0.15, 0.2) is 36.4 Å². The zero-order chi connectivity index (χ0) is 27.8. The van der Waals surface area contributed by atoms with E-state index in [0.717, 1.165) is 5.56 Å². The molecule has 2 aliphatic heterocycles. The van der Waals surface area contributed by atoms with Gasteiger partial charge in [-0.25, -0.2) is 4.39 Å². The second-order valence-electron chi connectivity index (χ2n) is 13.0. The number of Topliss-reactive ketones (excluding diaryl/α,β-unsaturated/α-hetero) is 1. The molecule has 2 aromatic carbocycles. The molecule has 2 heterocycles. The minimum atomic E-state index is -1.24. The molecule has 1 saturated heterocycles. The van der Waals surface area contributed by atoms with Crippen LogP contribution in [0, 0.1) is 17.2 Å². The van der Waals surface area contributed by atoms with Crippen LogP contribution in [0.25, 0.3) is 0 Å². The Morgan fingerprint density at radius 1 is 1.21 bits per heavy atom. The standard InChI is InChI=1S/C30H35Cl2FN2O3/c1-28(2,3)15-23-30(19-10-9-17(31)12-21(19)34-27(30)37)24(18-7-6-8-20(32)25(18)33)26(35(23)5)22(36)11-16-13-29(4,38)14-16/h6-10,12,16,23-24,26,38H,11,13-15H2,1-5H3,(H,34,37)/t16?,23-,24-,26-,29?,30+/m0/s1. The summed E-state index contributed by atoms with van der Waals surface area (Å²) in [4.78, 5) is 30.4. The topological polar surface area (TPSA) is 69.6 Å². The van der Waals surface area contributed by atoms with Gasteiger partial charge in [-0.15, -0.1) is 0 Å². The van der Waals surface area contributed by atoms with Crippen molar-refractivity contribution in [2.24, 2.45) is 11.3 Å². The predicted octanol–water partition coefficient (Wildman–Crippen LogP) is 6.35. The van der Waals surface area contributed by atoms with E-state index in [1.54, 1.807) is 31.2 Å². The summed E-state index contributed by atoms with van der Waals surface area (Å²) in [6.45, 7) is 8.08. The van der Waals surface area contributed by atoms with Gasteiger partial charge in [-0.05, 0) is 73.9 Å². The lowest BCUT2D eigenvalue weighted by molar-refractivity contribution is -0.128. The lowest BCUT2D eigenvalue weighted by Crippen LogP contribution is -2.50. The molecule has 0 bridgehead atoms. The monoisotopic (exact) mass is 560 g/mol. The summed E-state index contributed by atoms with van der Waals surface area (Å²) in [6.07, 6.45) is 1.95. The molecule has 1 amide bonds. The van der Waals surface area contributed by atoms with Crippen LogP contribution < -0.4 is 5.32 Å². The first-order chi connectivity index (χ1) is 17.7. The van der Waals surface area contributed by atoms with Gasteiger partial charge in [0, 0.05) is 29.1 Å². The maximum atomic E-state index is 15.9. The number of anilines is 1. The summed E-state index contributed by atoms with van der Waals surface area (Å²) in [5, 5.41) is 13.7. The summed E-state index contributed by atoms with van der Waals surface area (Å²) in [6, 6.07) is 8.95. The third kappa shape index (κ3) is 4.38. The van der Waals surface area contributed by atoms with E-state index in [1.165, 1.54) is 6.07 Å². The molecule has 38 heavy (non-hydrogen) atoms. The average Bonchev–Trinajstić information content (AvgIpc) is 3.19. The van der Waals surface area contributed by atoms with Crippen molar-refractivity contribution in [2.75, 3.05) is 12.4 Å². The highest BCUT2D eigenvalue weighted by Gasteiger charge is 2.68. The normalized spacial score (nSPS) is 32.8. The Kier molecular flexibility index (Phi) is 6.74. The number of nitrogens with one attached hydrogen (secondary N) is 1. The molecule has 0 aromatic heterocycles. The minimum absolute atomic E-state index is 0.0458. The van der Waals surface area contributed by atoms with Gasteiger partial charge < -0.3 is 10.4 Å². The SMILES string of the molecule is CN1[C@@H](CC(C)(C)C)[C@@]2(C(=O)Nc3cc(Cl)ccc32)[C@@H](c2cccc(Cl)c2F)[C@@H]1C(=O)CC1CC(C)(O)C1. The number of carbonyl (C=O) groups is 2. The summed E-state index contributed by atoms with van der Waals surface area (Å²) >= 11 is 12.6. The maximum absolute atomic E-state index is 15.9. The number of rotatable bonds is 5. The molecular weight excluding hydrogens is 526 g/mol. The molecule has 2 fully saturated rings. The van der Waals surface area contributed by atoms with Crippen LogP contribution in [0.4, 0.5) is 10.1 Å². The molecule has 1 aliphatic carbocycles. The number of nitrogens with zero attached hydrogens (tertiary/aromatic N) is 1. The second kappa shape index (κ2) is 9.29. The number of likely N-dealkylation sites (tertiary alicyclic amines) is 1. The Morgan fingerprint density at radius 3 is 2.53 bits per heavy atom. The van der Waals surface area contributed by atoms with Gasteiger partial charge in [0.05, 0.1) is 16.7 Å². The van der Waals surface area contributed by atoms with E-state index in [0.29, 0.717) is 30.0 Å². The number of fused-ring (bicyclic) bond motifs is 2. The van der Waals surface area contributed by atoms with Gasteiger partial charge in [0.1, 0.15) is 11.2 Å². The van der Waals surface area contributed by atoms with Crippen LogP contribution in [0.1, 0.15) is 70.4 Å². The lowest BCUT2D eigenvalue weighted by atomic mass is 9.61. The molecule has 2 N–H and O–H groups in total. The first-order valence-corrected chi connectivity index (χ1v) is 13.9. The molecule has 4 atom stereocenters. The second-order valence-corrected chi connectivity index (χ2v) is 13.8. The number of likely N-dealkylation sites (N-methyl/N-ethyl adjacent to an activating group) is 1. The largest absolute Gasteiger partial charge is 0.390 e. The van der Waals surface area contributed by atoms with Crippen molar-refractivity contribution in [2.45, 2.75) is 82.4 Å². The van der Waals surface area contributed by atoms with Gasteiger partial charge in [-0.1, -0.05) is 62.2 Å². The van der Waals surface area contributed by atoms with Crippen LogP contribution in [-0.4, -0.2) is 46.4 Å². The van der Waals surface area contributed by atoms with Crippen molar-refractivity contribution in [3.05, 3.63) is 63.4 Å². The van der Waals surface area contributed by atoms with E-state index in [2.05, 4.69) is 26.1 Å². The molecule has 0 radical (unpaired) electrons. The number of carbonyl (C=O) groups excluding carboxylic acids is 2. The summed E-state index contributed by atoms with van der Waals surface area (Å²) in [5.74, 6) is -1.68. The van der Waals surface area contributed by atoms with E-state index in [9.17, 15) is 14.7 Å². The fourth-order valence-corrected chi connectivity index (χ4v) is 7.74. The van der Waals surface area contributed by atoms with Crippen molar-refractivity contribution in [3.63, 3.8) is 0 Å². The highest BCUT2D eigenvalue weighted by molar-refractivity contribution is 6.31. The Bertz CT molecular complexity index is 1300. The van der Waals surface area contributed by atoms with E-state index < -0.39 is 34.8 Å². The van der Waals surface area contributed by atoms with Gasteiger partial charge in [-0.2, -0.15) is 0 Å². The Labute approximate surface area is 233 Å². The number of hydrogen-bond donors (Lipinski definition) is 2. The third-order valence-electron chi connectivity index (χ3n) is 8.71. The fourth-order valence-electron chi connectivity index (χ4n) is 7.38. The van der Waals surface area contributed by atoms with Gasteiger partial charge in [-0.3, -0.25) is 14.5 Å². The minimum Gasteiger partial charge on any atom is -0.390 e. The van der Waals surface area contributed by atoms with E-state index >= 15 is 4.39 Å². The number of ketones is 1. The zero-order valence-corrected chi connectivity index (χ0v) is 24.0.